The summed E-state index contributed by atoms with van der Waals surface area (Å²) < 4.78 is 21.2. The average Bonchev–Trinajstić information content (AvgIpc) is 3.08. The van der Waals surface area contributed by atoms with Crippen molar-refractivity contribution in [2.75, 3.05) is 5.32 Å². The van der Waals surface area contributed by atoms with Gasteiger partial charge in [-0.2, -0.15) is 5.10 Å². The van der Waals surface area contributed by atoms with Crippen molar-refractivity contribution in [3.63, 3.8) is 0 Å². The molecule has 0 radical (unpaired) electrons. The van der Waals surface area contributed by atoms with Crippen LogP contribution in [0.2, 0.25) is 0 Å². The lowest BCUT2D eigenvalue weighted by Gasteiger charge is -2.09. The highest BCUT2D eigenvalue weighted by Gasteiger charge is 2.11. The van der Waals surface area contributed by atoms with Crippen LogP contribution >= 0.6 is 0 Å². The van der Waals surface area contributed by atoms with E-state index in [1.807, 2.05) is 19.9 Å². The number of ether oxygens (including phenoxy) is 1. The first-order valence-corrected chi connectivity index (χ1v) is 9.19. The fraction of sp³-hybridized carbons (Fsp3) is 0.0909. The molecule has 0 spiro atoms. The van der Waals surface area contributed by atoms with Gasteiger partial charge in [0.05, 0.1) is 11.3 Å². The van der Waals surface area contributed by atoms with E-state index in [0.29, 0.717) is 23.1 Å². The number of anilines is 1. The van der Waals surface area contributed by atoms with Crippen LogP contribution < -0.4 is 10.1 Å². The molecular formula is C22H18FN5O2. The first-order chi connectivity index (χ1) is 14.5. The molecule has 0 fully saturated rings. The Morgan fingerprint density at radius 1 is 1.03 bits per heavy atom. The second-order valence-electron chi connectivity index (χ2n) is 6.61. The fourth-order valence-corrected chi connectivity index (χ4v) is 2.93. The van der Waals surface area contributed by atoms with E-state index in [2.05, 4.69) is 20.4 Å². The smallest absolute Gasteiger partial charge is 0.258 e. The number of rotatable bonds is 5. The van der Waals surface area contributed by atoms with E-state index < -0.39 is 11.7 Å². The molecule has 2 aromatic carbocycles. The minimum atomic E-state index is -0.572. The number of carbonyl (C=O) groups is 1. The molecule has 0 bridgehead atoms. The average molecular weight is 403 g/mol. The Hall–Kier alpha value is -4.07. The van der Waals surface area contributed by atoms with Gasteiger partial charge in [-0.3, -0.25) is 4.79 Å². The molecule has 0 atom stereocenters. The van der Waals surface area contributed by atoms with Crippen LogP contribution in [-0.2, 0) is 0 Å². The van der Waals surface area contributed by atoms with E-state index in [1.54, 1.807) is 41.1 Å². The van der Waals surface area contributed by atoms with Crippen LogP contribution in [0.3, 0.4) is 0 Å². The topological polar surface area (TPSA) is 81.9 Å². The zero-order chi connectivity index (χ0) is 21.1. The second-order valence-corrected chi connectivity index (χ2v) is 6.61. The van der Waals surface area contributed by atoms with Crippen molar-refractivity contribution < 1.29 is 13.9 Å². The molecule has 0 unspecified atom stereocenters. The molecule has 1 amide bonds. The van der Waals surface area contributed by atoms with Crippen molar-refractivity contribution in [1.82, 2.24) is 19.7 Å². The van der Waals surface area contributed by atoms with Gasteiger partial charge < -0.3 is 10.1 Å². The molecule has 1 N–H and O–H groups in total. The quantitative estimate of drug-likeness (QED) is 0.532. The van der Waals surface area contributed by atoms with Crippen molar-refractivity contribution in [1.29, 1.82) is 0 Å². The highest BCUT2D eigenvalue weighted by Crippen LogP contribution is 2.23. The molecule has 0 saturated carbocycles. The molecule has 0 aliphatic rings. The van der Waals surface area contributed by atoms with E-state index in [1.165, 1.54) is 24.5 Å². The molecule has 0 saturated heterocycles. The SMILES string of the molecule is Cc1cc(C)n(-c2cc(Oc3ccc(NC(=O)c4ccccc4F)cc3)ncn2)n1. The van der Waals surface area contributed by atoms with Crippen LogP contribution in [0, 0.1) is 19.7 Å². The van der Waals surface area contributed by atoms with Crippen LogP contribution in [0.15, 0.2) is 67.0 Å². The van der Waals surface area contributed by atoms with E-state index in [9.17, 15) is 9.18 Å². The van der Waals surface area contributed by atoms with Crippen LogP contribution in [0.4, 0.5) is 10.1 Å². The summed E-state index contributed by atoms with van der Waals surface area (Å²) in [6, 6.07) is 16.1. The van der Waals surface area contributed by atoms with Gasteiger partial charge >= 0.3 is 0 Å². The summed E-state index contributed by atoms with van der Waals surface area (Å²) in [5.74, 6) is 0.385. The molecule has 0 aliphatic heterocycles. The van der Waals surface area contributed by atoms with E-state index in [0.717, 1.165) is 11.4 Å². The van der Waals surface area contributed by atoms with E-state index >= 15 is 0 Å². The van der Waals surface area contributed by atoms with Crippen molar-refractivity contribution in [3.05, 3.63) is 89.8 Å². The predicted octanol–water partition coefficient (Wildman–Crippen LogP) is 4.46. The summed E-state index contributed by atoms with van der Waals surface area (Å²) in [7, 11) is 0. The van der Waals surface area contributed by atoms with Gasteiger partial charge in [0, 0.05) is 17.4 Å². The number of aromatic nitrogens is 4. The highest BCUT2D eigenvalue weighted by molar-refractivity contribution is 6.04. The standard InChI is InChI=1S/C22H18FN5O2/c1-14-11-15(2)28(27-14)20-12-21(25-13-24-20)30-17-9-7-16(8-10-17)26-22(29)18-5-3-4-6-19(18)23/h3-13H,1-2H3,(H,26,29). The third-order valence-corrected chi connectivity index (χ3v) is 4.31. The normalized spacial score (nSPS) is 10.6. The first kappa shape index (κ1) is 19.3. The molecule has 2 heterocycles. The molecular weight excluding hydrogens is 385 g/mol. The molecule has 2 aromatic heterocycles. The van der Waals surface area contributed by atoms with Gasteiger partial charge in [0.25, 0.3) is 5.91 Å². The number of carbonyl (C=O) groups excluding carboxylic acids is 1. The minimum Gasteiger partial charge on any atom is -0.439 e. The number of halogens is 1. The lowest BCUT2D eigenvalue weighted by molar-refractivity contribution is 0.102. The van der Waals surface area contributed by atoms with Gasteiger partial charge in [-0.15, -0.1) is 0 Å². The number of aryl methyl sites for hydroxylation is 2. The Morgan fingerprint density at radius 2 is 1.80 bits per heavy atom. The number of nitrogens with one attached hydrogen (secondary N) is 1. The number of hydrogen-bond acceptors (Lipinski definition) is 5. The number of benzene rings is 2. The van der Waals surface area contributed by atoms with Crippen molar-refractivity contribution in [3.8, 4) is 17.4 Å². The summed E-state index contributed by atoms with van der Waals surface area (Å²) in [5, 5.41) is 7.06. The van der Waals surface area contributed by atoms with Gasteiger partial charge in [0.15, 0.2) is 5.82 Å². The minimum absolute atomic E-state index is 0.0181. The molecule has 150 valence electrons. The molecule has 8 heteroatoms. The largest absolute Gasteiger partial charge is 0.439 e. The Bertz CT molecular complexity index is 1200. The van der Waals surface area contributed by atoms with Crippen molar-refractivity contribution >= 4 is 11.6 Å². The van der Waals surface area contributed by atoms with E-state index in [4.69, 9.17) is 4.74 Å². The first-order valence-electron chi connectivity index (χ1n) is 9.19. The van der Waals surface area contributed by atoms with Gasteiger partial charge in [-0.25, -0.2) is 19.0 Å². The third-order valence-electron chi connectivity index (χ3n) is 4.31. The van der Waals surface area contributed by atoms with Crippen LogP contribution in [0.5, 0.6) is 11.6 Å². The zero-order valence-electron chi connectivity index (χ0n) is 16.3. The Balaban J connectivity index is 1.46. The van der Waals surface area contributed by atoms with Crippen LogP contribution in [0.1, 0.15) is 21.7 Å². The molecule has 30 heavy (non-hydrogen) atoms. The van der Waals surface area contributed by atoms with Gasteiger partial charge in [-0.1, -0.05) is 12.1 Å². The highest BCUT2D eigenvalue weighted by atomic mass is 19.1. The number of hydrogen-bond donors (Lipinski definition) is 1. The van der Waals surface area contributed by atoms with Crippen molar-refractivity contribution in [2.45, 2.75) is 13.8 Å². The maximum Gasteiger partial charge on any atom is 0.258 e. The summed E-state index contributed by atoms with van der Waals surface area (Å²) in [5.41, 5.74) is 2.34. The number of nitrogens with zero attached hydrogens (tertiary/aromatic N) is 4. The predicted molar refractivity (Wildman–Crippen MR) is 109 cm³/mol. The van der Waals surface area contributed by atoms with Crippen LogP contribution in [-0.4, -0.2) is 25.7 Å². The van der Waals surface area contributed by atoms with Crippen LogP contribution in [0.25, 0.3) is 5.82 Å². The monoisotopic (exact) mass is 403 g/mol. The summed E-state index contributed by atoms with van der Waals surface area (Å²) in [6.07, 6.45) is 1.41. The van der Waals surface area contributed by atoms with E-state index in [-0.39, 0.29) is 5.56 Å². The molecule has 4 rings (SSSR count). The summed E-state index contributed by atoms with van der Waals surface area (Å²) in [6.45, 7) is 3.85. The lowest BCUT2D eigenvalue weighted by Crippen LogP contribution is -2.13. The Morgan fingerprint density at radius 3 is 2.50 bits per heavy atom. The molecule has 7 nitrogen and oxygen atoms in total. The Labute approximate surface area is 172 Å². The zero-order valence-corrected chi connectivity index (χ0v) is 16.3. The molecule has 4 aromatic rings. The Kier molecular flexibility index (Phi) is 5.21. The van der Waals surface area contributed by atoms with Crippen molar-refractivity contribution in [2.24, 2.45) is 0 Å². The summed E-state index contributed by atoms with van der Waals surface area (Å²) in [4.78, 5) is 20.6. The van der Waals surface area contributed by atoms with Gasteiger partial charge in [0.1, 0.15) is 17.9 Å². The third kappa shape index (κ3) is 4.17. The summed E-state index contributed by atoms with van der Waals surface area (Å²) >= 11 is 0. The molecule has 0 aliphatic carbocycles. The fourth-order valence-electron chi connectivity index (χ4n) is 2.93. The second kappa shape index (κ2) is 8.12. The lowest BCUT2D eigenvalue weighted by atomic mass is 10.2. The number of amides is 1. The maximum absolute atomic E-state index is 13.7. The maximum atomic E-state index is 13.7. The van der Waals surface area contributed by atoms with Gasteiger partial charge in [0.2, 0.25) is 5.88 Å². The van der Waals surface area contributed by atoms with Gasteiger partial charge in [-0.05, 0) is 56.3 Å².